The number of carbonyl (C=O) groups excluding carboxylic acids is 2. The Morgan fingerprint density at radius 3 is 2.60 bits per heavy atom. The number of aromatic nitrogens is 1. The number of benzene rings is 2. The Bertz CT molecular complexity index is 1310. The molecular weight excluding hydrogens is 440 g/mol. The van der Waals surface area contributed by atoms with Gasteiger partial charge in [0, 0.05) is 30.9 Å². The first kappa shape index (κ1) is 22.8. The van der Waals surface area contributed by atoms with Gasteiger partial charge in [-0.15, -0.1) is 0 Å². The Balaban J connectivity index is 1.62. The zero-order valence-electron chi connectivity index (χ0n) is 20.1. The van der Waals surface area contributed by atoms with Crippen molar-refractivity contribution in [1.29, 1.82) is 0 Å². The van der Waals surface area contributed by atoms with Crippen molar-refractivity contribution >= 4 is 17.4 Å². The van der Waals surface area contributed by atoms with E-state index in [-0.39, 0.29) is 24.0 Å². The van der Waals surface area contributed by atoms with E-state index in [1.165, 1.54) is 4.90 Å². The third kappa shape index (κ3) is 4.20. The summed E-state index contributed by atoms with van der Waals surface area (Å²) in [5, 5.41) is 11.4. The smallest absolute Gasteiger partial charge is 0.295 e. The summed E-state index contributed by atoms with van der Waals surface area (Å²) in [7, 11) is 0. The predicted octanol–water partition coefficient (Wildman–Crippen LogP) is 5.15. The molecule has 3 aromatic rings. The summed E-state index contributed by atoms with van der Waals surface area (Å²) >= 11 is 0. The Hall–Kier alpha value is -3.93. The van der Waals surface area contributed by atoms with Crippen LogP contribution in [0, 0.1) is 0 Å². The minimum Gasteiger partial charge on any atom is -0.507 e. The molecule has 0 aliphatic carbocycles. The number of nitrogens with zero attached hydrogens (tertiary/aromatic N) is 2. The summed E-state index contributed by atoms with van der Waals surface area (Å²) < 4.78 is 5.78. The van der Waals surface area contributed by atoms with Crippen molar-refractivity contribution in [2.45, 2.75) is 51.8 Å². The van der Waals surface area contributed by atoms with Crippen LogP contribution in [0.25, 0.3) is 5.76 Å². The molecule has 1 N–H and O–H groups in total. The third-order valence-electron chi connectivity index (χ3n) is 6.70. The van der Waals surface area contributed by atoms with Crippen molar-refractivity contribution in [3.8, 4) is 5.75 Å². The van der Waals surface area contributed by atoms with Gasteiger partial charge in [0.05, 0.1) is 11.6 Å². The van der Waals surface area contributed by atoms with Gasteiger partial charge in [0.2, 0.25) is 0 Å². The minimum atomic E-state index is -0.708. The highest BCUT2D eigenvalue weighted by molar-refractivity contribution is 6.46. The fraction of sp³-hybridized carbons (Fsp3) is 0.276. The van der Waals surface area contributed by atoms with Crippen LogP contribution in [0.4, 0.5) is 0 Å². The summed E-state index contributed by atoms with van der Waals surface area (Å²) in [5.74, 6) is -0.355. The van der Waals surface area contributed by atoms with Crippen LogP contribution in [0.15, 0.2) is 72.6 Å². The maximum atomic E-state index is 13.3. The number of ketones is 1. The van der Waals surface area contributed by atoms with Gasteiger partial charge in [-0.1, -0.05) is 44.2 Å². The van der Waals surface area contributed by atoms with E-state index in [0.29, 0.717) is 11.5 Å². The fourth-order valence-corrected chi connectivity index (χ4v) is 4.87. The molecule has 0 bridgehead atoms. The van der Waals surface area contributed by atoms with E-state index in [0.717, 1.165) is 34.4 Å². The van der Waals surface area contributed by atoms with Crippen LogP contribution in [0.2, 0.25) is 0 Å². The largest absolute Gasteiger partial charge is 0.507 e. The number of carbonyl (C=O) groups is 2. The molecule has 5 rings (SSSR count). The van der Waals surface area contributed by atoms with Crippen LogP contribution in [0.3, 0.4) is 0 Å². The van der Waals surface area contributed by atoms with Gasteiger partial charge in [-0.25, -0.2) is 0 Å². The molecule has 2 aliphatic rings. The van der Waals surface area contributed by atoms with Crippen LogP contribution < -0.4 is 4.74 Å². The number of likely N-dealkylation sites (tertiary alicyclic amines) is 1. The molecule has 1 fully saturated rings. The van der Waals surface area contributed by atoms with Crippen molar-refractivity contribution in [2.24, 2.45) is 0 Å². The molecule has 35 heavy (non-hydrogen) atoms. The second kappa shape index (κ2) is 9.02. The number of aliphatic hydroxyl groups excluding tert-OH is 1. The van der Waals surface area contributed by atoms with Gasteiger partial charge in [0.1, 0.15) is 17.6 Å². The number of hydrogen-bond donors (Lipinski definition) is 1. The lowest BCUT2D eigenvalue weighted by atomic mass is 9.92. The minimum absolute atomic E-state index is 0.0620. The molecule has 2 aromatic carbocycles. The van der Waals surface area contributed by atoms with Crippen molar-refractivity contribution in [2.75, 3.05) is 0 Å². The zero-order valence-corrected chi connectivity index (χ0v) is 20.1. The van der Waals surface area contributed by atoms with Crippen molar-refractivity contribution in [1.82, 2.24) is 9.88 Å². The first-order valence-electron chi connectivity index (χ1n) is 11.9. The quantitative estimate of drug-likeness (QED) is 0.318. The van der Waals surface area contributed by atoms with Gasteiger partial charge in [-0.05, 0) is 59.4 Å². The lowest BCUT2D eigenvalue weighted by Gasteiger charge is -2.25. The molecule has 2 aliphatic heterocycles. The molecule has 0 unspecified atom stereocenters. The lowest BCUT2D eigenvalue weighted by molar-refractivity contribution is -0.140. The number of amides is 1. The molecule has 1 aromatic heterocycles. The standard InChI is InChI=1S/C29H28N2O4/c1-17(2)20-6-8-21(9-7-20)26-25(27(32)22-10-11-24-23(14-22)13-18(3)35-24)28(33)29(34)31(26)16-19-5-4-12-30-15-19/h4-12,14-15,17-18,26,32H,13,16H2,1-3H3/b27-25+/t18-,26+/m0/s1. The van der Waals surface area contributed by atoms with Gasteiger partial charge in [-0.2, -0.15) is 0 Å². The average molecular weight is 469 g/mol. The zero-order chi connectivity index (χ0) is 24.7. The first-order valence-corrected chi connectivity index (χ1v) is 11.9. The Labute approximate surface area is 204 Å². The molecule has 2 atom stereocenters. The molecule has 0 saturated carbocycles. The van der Waals surface area contributed by atoms with Gasteiger partial charge in [0.15, 0.2) is 0 Å². The number of fused-ring (bicyclic) bond motifs is 1. The molecular formula is C29H28N2O4. The van der Waals surface area contributed by atoms with E-state index in [4.69, 9.17) is 4.74 Å². The molecule has 0 spiro atoms. The molecule has 1 amide bonds. The first-order chi connectivity index (χ1) is 16.8. The van der Waals surface area contributed by atoms with E-state index in [1.54, 1.807) is 24.5 Å². The third-order valence-corrected chi connectivity index (χ3v) is 6.70. The number of ether oxygens (including phenoxy) is 1. The van der Waals surface area contributed by atoms with E-state index < -0.39 is 17.7 Å². The topological polar surface area (TPSA) is 79.7 Å². The molecule has 3 heterocycles. The van der Waals surface area contributed by atoms with E-state index >= 15 is 0 Å². The highest BCUT2D eigenvalue weighted by Gasteiger charge is 2.46. The Kier molecular flexibility index (Phi) is 5.89. The van der Waals surface area contributed by atoms with Crippen molar-refractivity contribution in [3.05, 3.63) is 100 Å². The summed E-state index contributed by atoms with van der Waals surface area (Å²) in [5.41, 5.74) is 4.32. The maximum absolute atomic E-state index is 13.3. The van der Waals surface area contributed by atoms with Crippen molar-refractivity contribution < 1.29 is 19.4 Å². The summed E-state index contributed by atoms with van der Waals surface area (Å²) in [6.45, 7) is 6.43. The number of pyridine rings is 1. The van der Waals surface area contributed by atoms with E-state index in [1.807, 2.05) is 49.4 Å². The van der Waals surface area contributed by atoms with Gasteiger partial charge < -0.3 is 14.7 Å². The molecule has 0 radical (unpaired) electrons. The van der Waals surface area contributed by atoms with Gasteiger partial charge in [0.25, 0.3) is 11.7 Å². The molecule has 6 heteroatoms. The normalized spacial score (nSPS) is 20.9. The second-order valence-corrected chi connectivity index (χ2v) is 9.56. The van der Waals surface area contributed by atoms with Crippen molar-refractivity contribution in [3.63, 3.8) is 0 Å². The number of aliphatic hydroxyl groups is 1. The van der Waals surface area contributed by atoms with Crippen LogP contribution in [-0.4, -0.2) is 32.8 Å². The lowest BCUT2D eigenvalue weighted by Crippen LogP contribution is -2.29. The van der Waals surface area contributed by atoms with Crippen LogP contribution >= 0.6 is 0 Å². The van der Waals surface area contributed by atoms with Gasteiger partial charge >= 0.3 is 0 Å². The molecule has 178 valence electrons. The second-order valence-electron chi connectivity index (χ2n) is 9.56. The van der Waals surface area contributed by atoms with E-state index in [2.05, 4.69) is 18.8 Å². The summed E-state index contributed by atoms with van der Waals surface area (Å²) in [4.78, 5) is 32.2. The number of hydrogen-bond acceptors (Lipinski definition) is 5. The average Bonchev–Trinajstić information content (AvgIpc) is 3.35. The Morgan fingerprint density at radius 2 is 1.91 bits per heavy atom. The number of Topliss-reactive ketones (excluding diaryl/α,β-unsaturated/α-hetero) is 1. The molecule has 1 saturated heterocycles. The highest BCUT2D eigenvalue weighted by Crippen LogP contribution is 2.41. The van der Waals surface area contributed by atoms with Gasteiger partial charge in [-0.3, -0.25) is 14.6 Å². The summed E-state index contributed by atoms with van der Waals surface area (Å²) in [6, 6.07) is 16.3. The van der Waals surface area contributed by atoms with Crippen LogP contribution in [0.1, 0.15) is 60.5 Å². The van der Waals surface area contributed by atoms with Crippen LogP contribution in [-0.2, 0) is 22.6 Å². The van der Waals surface area contributed by atoms with E-state index in [9.17, 15) is 14.7 Å². The fourth-order valence-electron chi connectivity index (χ4n) is 4.87. The monoisotopic (exact) mass is 468 g/mol. The Morgan fingerprint density at radius 1 is 1.14 bits per heavy atom. The summed E-state index contributed by atoms with van der Waals surface area (Å²) in [6.07, 6.45) is 4.14. The van der Waals surface area contributed by atoms with Crippen LogP contribution in [0.5, 0.6) is 5.75 Å². The highest BCUT2D eigenvalue weighted by atomic mass is 16.5. The SMILES string of the molecule is CC(C)c1ccc([C@@H]2/C(=C(\O)c3ccc4c(c3)C[C@H](C)O4)C(=O)C(=O)N2Cc2cccnc2)cc1. The molecule has 6 nitrogen and oxygen atoms in total. The predicted molar refractivity (Wildman–Crippen MR) is 133 cm³/mol. The maximum Gasteiger partial charge on any atom is 0.295 e. The number of rotatable bonds is 5.